The molecule has 1 N–H and O–H groups in total. The Morgan fingerprint density at radius 1 is 0.786 bits per heavy atom. The SMILES string of the molecule is CCC(C)CC(C)CC(C)CC(C)O. The predicted molar refractivity (Wildman–Crippen MR) is 63.3 cm³/mol. The fourth-order valence-corrected chi connectivity index (χ4v) is 2.32. The number of hydrogen-bond acceptors (Lipinski definition) is 1. The van der Waals surface area contributed by atoms with Gasteiger partial charge in [0.25, 0.3) is 0 Å². The maximum Gasteiger partial charge on any atom is 0.0514 e. The van der Waals surface area contributed by atoms with Crippen molar-refractivity contribution in [1.82, 2.24) is 0 Å². The molecule has 0 amide bonds. The van der Waals surface area contributed by atoms with Gasteiger partial charge in [-0.2, -0.15) is 0 Å². The van der Waals surface area contributed by atoms with Crippen molar-refractivity contribution in [2.24, 2.45) is 17.8 Å². The van der Waals surface area contributed by atoms with Crippen LogP contribution < -0.4 is 0 Å². The minimum atomic E-state index is -0.138. The van der Waals surface area contributed by atoms with E-state index in [1.807, 2.05) is 6.92 Å². The van der Waals surface area contributed by atoms with Crippen molar-refractivity contribution >= 4 is 0 Å². The average Bonchev–Trinajstić information content (AvgIpc) is 2.01. The fourth-order valence-electron chi connectivity index (χ4n) is 2.32. The summed E-state index contributed by atoms with van der Waals surface area (Å²) in [4.78, 5) is 0. The normalized spacial score (nSPS) is 20.1. The van der Waals surface area contributed by atoms with Crippen molar-refractivity contribution < 1.29 is 5.11 Å². The van der Waals surface area contributed by atoms with E-state index in [9.17, 15) is 5.11 Å². The lowest BCUT2D eigenvalue weighted by molar-refractivity contribution is 0.155. The Morgan fingerprint density at radius 2 is 1.21 bits per heavy atom. The molecule has 0 saturated carbocycles. The number of rotatable bonds is 7. The van der Waals surface area contributed by atoms with E-state index < -0.39 is 0 Å². The molecule has 4 atom stereocenters. The van der Waals surface area contributed by atoms with Crippen LogP contribution in [0.4, 0.5) is 0 Å². The molecule has 1 heteroatoms. The molecule has 0 aliphatic carbocycles. The minimum Gasteiger partial charge on any atom is -0.393 e. The number of aliphatic hydroxyl groups is 1. The van der Waals surface area contributed by atoms with Crippen molar-refractivity contribution in [3.8, 4) is 0 Å². The summed E-state index contributed by atoms with van der Waals surface area (Å²) >= 11 is 0. The summed E-state index contributed by atoms with van der Waals surface area (Å²) in [6, 6.07) is 0. The minimum absolute atomic E-state index is 0.138. The van der Waals surface area contributed by atoms with Crippen molar-refractivity contribution in [3.05, 3.63) is 0 Å². The Balaban J connectivity index is 3.65. The van der Waals surface area contributed by atoms with E-state index in [0.717, 1.165) is 18.3 Å². The highest BCUT2D eigenvalue weighted by molar-refractivity contribution is 4.64. The molecule has 0 aliphatic rings. The molecule has 14 heavy (non-hydrogen) atoms. The summed E-state index contributed by atoms with van der Waals surface area (Å²) in [6.07, 6.45) is 4.69. The lowest BCUT2D eigenvalue weighted by atomic mass is 9.87. The highest BCUT2D eigenvalue weighted by Gasteiger charge is 2.12. The summed E-state index contributed by atoms with van der Waals surface area (Å²) in [6.45, 7) is 11.1. The summed E-state index contributed by atoms with van der Waals surface area (Å²) in [7, 11) is 0. The highest BCUT2D eigenvalue weighted by Crippen LogP contribution is 2.23. The van der Waals surface area contributed by atoms with Crippen LogP contribution in [0.15, 0.2) is 0 Å². The molecule has 0 aliphatic heterocycles. The summed E-state index contributed by atoms with van der Waals surface area (Å²) in [5.74, 6) is 2.32. The van der Waals surface area contributed by atoms with E-state index in [2.05, 4.69) is 27.7 Å². The second kappa shape index (κ2) is 7.28. The maximum absolute atomic E-state index is 9.26. The van der Waals surface area contributed by atoms with Gasteiger partial charge in [-0.05, 0) is 43.9 Å². The second-order valence-electron chi connectivity index (χ2n) is 5.28. The zero-order valence-corrected chi connectivity index (χ0v) is 10.6. The van der Waals surface area contributed by atoms with Gasteiger partial charge in [0.15, 0.2) is 0 Å². The molecule has 0 heterocycles. The topological polar surface area (TPSA) is 20.2 Å². The standard InChI is InChI=1S/C13H28O/c1-6-10(2)7-11(3)8-12(4)9-13(5)14/h10-14H,6-9H2,1-5H3. The van der Waals surface area contributed by atoms with Crippen LogP contribution >= 0.6 is 0 Å². The van der Waals surface area contributed by atoms with Crippen LogP contribution in [0.2, 0.25) is 0 Å². The quantitative estimate of drug-likeness (QED) is 0.661. The largest absolute Gasteiger partial charge is 0.393 e. The third-order valence-corrected chi connectivity index (χ3v) is 3.05. The zero-order valence-electron chi connectivity index (χ0n) is 10.6. The Hall–Kier alpha value is -0.0400. The first-order valence-corrected chi connectivity index (χ1v) is 6.13. The molecular formula is C13H28O. The Labute approximate surface area is 89.9 Å². The van der Waals surface area contributed by atoms with Gasteiger partial charge in [-0.25, -0.2) is 0 Å². The average molecular weight is 200 g/mol. The monoisotopic (exact) mass is 200 g/mol. The van der Waals surface area contributed by atoms with Crippen LogP contribution in [0, 0.1) is 17.8 Å². The van der Waals surface area contributed by atoms with Crippen molar-refractivity contribution in [3.63, 3.8) is 0 Å². The molecule has 86 valence electrons. The maximum atomic E-state index is 9.26. The van der Waals surface area contributed by atoms with Crippen molar-refractivity contribution in [2.75, 3.05) is 0 Å². The molecule has 0 radical (unpaired) electrons. The van der Waals surface area contributed by atoms with Crippen LogP contribution in [0.3, 0.4) is 0 Å². The van der Waals surface area contributed by atoms with Gasteiger partial charge >= 0.3 is 0 Å². The van der Waals surface area contributed by atoms with Gasteiger partial charge in [0.1, 0.15) is 0 Å². The van der Waals surface area contributed by atoms with Crippen molar-refractivity contribution in [1.29, 1.82) is 0 Å². The van der Waals surface area contributed by atoms with Gasteiger partial charge in [-0.15, -0.1) is 0 Å². The molecule has 0 spiro atoms. The van der Waals surface area contributed by atoms with E-state index in [1.54, 1.807) is 0 Å². The van der Waals surface area contributed by atoms with Crippen LogP contribution in [0.5, 0.6) is 0 Å². The van der Waals surface area contributed by atoms with E-state index in [1.165, 1.54) is 19.3 Å². The molecule has 0 saturated heterocycles. The van der Waals surface area contributed by atoms with E-state index in [-0.39, 0.29) is 6.10 Å². The lowest BCUT2D eigenvalue weighted by Crippen LogP contribution is -2.12. The fraction of sp³-hybridized carbons (Fsp3) is 1.00. The second-order valence-corrected chi connectivity index (χ2v) is 5.28. The van der Waals surface area contributed by atoms with Gasteiger partial charge in [0, 0.05) is 0 Å². The van der Waals surface area contributed by atoms with E-state index in [0.29, 0.717) is 5.92 Å². The van der Waals surface area contributed by atoms with Crippen LogP contribution in [0.1, 0.15) is 60.3 Å². The molecule has 0 rings (SSSR count). The van der Waals surface area contributed by atoms with Gasteiger partial charge in [0.05, 0.1) is 6.10 Å². The smallest absolute Gasteiger partial charge is 0.0514 e. The Kier molecular flexibility index (Phi) is 7.26. The zero-order chi connectivity index (χ0) is 11.1. The Bertz CT molecular complexity index is 131. The van der Waals surface area contributed by atoms with Crippen LogP contribution in [-0.2, 0) is 0 Å². The third kappa shape index (κ3) is 7.37. The Morgan fingerprint density at radius 3 is 1.64 bits per heavy atom. The highest BCUT2D eigenvalue weighted by atomic mass is 16.3. The number of aliphatic hydroxyl groups excluding tert-OH is 1. The first-order valence-electron chi connectivity index (χ1n) is 6.13. The summed E-state index contributed by atoms with van der Waals surface area (Å²) < 4.78 is 0. The van der Waals surface area contributed by atoms with E-state index in [4.69, 9.17) is 0 Å². The molecule has 0 aromatic carbocycles. The van der Waals surface area contributed by atoms with Gasteiger partial charge in [0.2, 0.25) is 0 Å². The van der Waals surface area contributed by atoms with Crippen molar-refractivity contribution in [2.45, 2.75) is 66.4 Å². The summed E-state index contributed by atoms with van der Waals surface area (Å²) in [5.41, 5.74) is 0. The summed E-state index contributed by atoms with van der Waals surface area (Å²) in [5, 5.41) is 9.26. The molecule has 0 bridgehead atoms. The molecule has 0 aromatic heterocycles. The van der Waals surface area contributed by atoms with Crippen LogP contribution in [0.25, 0.3) is 0 Å². The third-order valence-electron chi connectivity index (χ3n) is 3.05. The molecule has 4 unspecified atom stereocenters. The lowest BCUT2D eigenvalue weighted by Gasteiger charge is -2.20. The molecule has 1 nitrogen and oxygen atoms in total. The van der Waals surface area contributed by atoms with Gasteiger partial charge in [-0.3, -0.25) is 0 Å². The van der Waals surface area contributed by atoms with Gasteiger partial charge < -0.3 is 5.11 Å². The number of hydrogen-bond donors (Lipinski definition) is 1. The first-order chi connectivity index (χ1) is 6.45. The predicted octanol–water partition coefficient (Wildman–Crippen LogP) is 3.86. The molecular weight excluding hydrogens is 172 g/mol. The van der Waals surface area contributed by atoms with Crippen LogP contribution in [-0.4, -0.2) is 11.2 Å². The molecule has 0 fully saturated rings. The molecule has 0 aromatic rings. The first kappa shape index (κ1) is 14.0. The van der Waals surface area contributed by atoms with Gasteiger partial charge in [-0.1, -0.05) is 34.1 Å². The van der Waals surface area contributed by atoms with E-state index >= 15 is 0 Å².